The molecule has 1 saturated heterocycles. The molecule has 0 unspecified atom stereocenters. The zero-order valence-corrected chi connectivity index (χ0v) is 13.9. The zero-order valence-electron chi connectivity index (χ0n) is 11.5. The molecule has 116 valence electrons. The van der Waals surface area contributed by atoms with E-state index >= 15 is 0 Å². The van der Waals surface area contributed by atoms with Crippen LogP contribution in [0.15, 0.2) is 22.7 Å². The minimum atomic E-state index is -3.24. The molecule has 0 radical (unpaired) electrons. The van der Waals surface area contributed by atoms with E-state index in [4.69, 9.17) is 0 Å². The molecule has 1 heterocycles. The van der Waals surface area contributed by atoms with Gasteiger partial charge in [0.05, 0.1) is 16.3 Å². The van der Waals surface area contributed by atoms with Crippen molar-refractivity contribution in [3.8, 4) is 0 Å². The molecular weight excluding hydrogens is 363 g/mol. The molecule has 1 N–H and O–H groups in total. The number of carbonyl (C=O) groups is 1. The Morgan fingerprint density at radius 2 is 2.00 bits per heavy atom. The second-order valence-electron chi connectivity index (χ2n) is 5.06. The highest BCUT2D eigenvalue weighted by Crippen LogP contribution is 2.23. The van der Waals surface area contributed by atoms with Gasteiger partial charge in [0.15, 0.2) is 0 Å². The van der Waals surface area contributed by atoms with Crippen LogP contribution in [0.5, 0.6) is 0 Å². The van der Waals surface area contributed by atoms with Crippen molar-refractivity contribution in [1.82, 2.24) is 9.62 Å². The van der Waals surface area contributed by atoms with Crippen molar-refractivity contribution < 1.29 is 17.6 Å². The summed E-state index contributed by atoms with van der Waals surface area (Å²) in [5.41, 5.74) is 0.282. The normalized spacial score (nSPS) is 17.0. The van der Waals surface area contributed by atoms with E-state index in [9.17, 15) is 17.6 Å². The molecule has 21 heavy (non-hydrogen) atoms. The van der Waals surface area contributed by atoms with Crippen LogP contribution < -0.4 is 4.72 Å². The van der Waals surface area contributed by atoms with Crippen LogP contribution >= 0.6 is 15.9 Å². The van der Waals surface area contributed by atoms with Crippen molar-refractivity contribution in [2.24, 2.45) is 0 Å². The molecule has 1 aliphatic heterocycles. The lowest BCUT2D eigenvalue weighted by molar-refractivity contribution is 0.0710. The molecular formula is C13H16BrFN2O3S. The van der Waals surface area contributed by atoms with E-state index in [0.29, 0.717) is 25.9 Å². The van der Waals surface area contributed by atoms with E-state index in [0.717, 1.165) is 6.26 Å². The van der Waals surface area contributed by atoms with E-state index in [1.54, 1.807) is 11.0 Å². The number of piperidine rings is 1. The SMILES string of the molecule is CS(=O)(=O)NC1CCN(C(=O)c2cccc(F)c2Br)CC1. The van der Waals surface area contributed by atoms with Gasteiger partial charge in [-0.3, -0.25) is 4.79 Å². The van der Waals surface area contributed by atoms with Crippen LogP contribution in [0.25, 0.3) is 0 Å². The topological polar surface area (TPSA) is 66.5 Å². The van der Waals surface area contributed by atoms with Gasteiger partial charge in [0.2, 0.25) is 10.0 Å². The maximum atomic E-state index is 13.5. The number of carbonyl (C=O) groups excluding carboxylic acids is 1. The van der Waals surface area contributed by atoms with Crippen LogP contribution in [0.4, 0.5) is 4.39 Å². The highest BCUT2D eigenvalue weighted by molar-refractivity contribution is 9.10. The van der Waals surface area contributed by atoms with E-state index in [1.165, 1.54) is 12.1 Å². The quantitative estimate of drug-likeness (QED) is 0.870. The molecule has 1 aliphatic rings. The van der Waals surface area contributed by atoms with E-state index in [-0.39, 0.29) is 22.0 Å². The maximum absolute atomic E-state index is 13.5. The van der Waals surface area contributed by atoms with Crippen molar-refractivity contribution in [1.29, 1.82) is 0 Å². The van der Waals surface area contributed by atoms with Gasteiger partial charge in [-0.1, -0.05) is 6.07 Å². The van der Waals surface area contributed by atoms with Gasteiger partial charge in [-0.05, 0) is 40.9 Å². The molecule has 1 fully saturated rings. The fourth-order valence-corrected chi connectivity index (χ4v) is 3.62. The lowest BCUT2D eigenvalue weighted by atomic mass is 10.0. The first-order valence-corrected chi connectivity index (χ1v) is 9.17. The summed E-state index contributed by atoms with van der Waals surface area (Å²) >= 11 is 3.08. The number of hydrogen-bond donors (Lipinski definition) is 1. The number of likely N-dealkylation sites (tertiary alicyclic amines) is 1. The van der Waals surface area contributed by atoms with Crippen molar-refractivity contribution in [3.05, 3.63) is 34.1 Å². The summed E-state index contributed by atoms with van der Waals surface area (Å²) in [5, 5.41) is 0. The average Bonchev–Trinajstić information content (AvgIpc) is 2.40. The number of benzene rings is 1. The van der Waals surface area contributed by atoms with Gasteiger partial charge in [-0.25, -0.2) is 17.5 Å². The Balaban J connectivity index is 2.02. The average molecular weight is 379 g/mol. The minimum absolute atomic E-state index is 0.153. The molecule has 0 aliphatic carbocycles. The summed E-state index contributed by atoms with van der Waals surface area (Å²) in [5.74, 6) is -0.728. The predicted octanol–water partition coefficient (Wildman–Crippen LogP) is 1.74. The highest BCUT2D eigenvalue weighted by Gasteiger charge is 2.26. The molecule has 1 aromatic rings. The fraction of sp³-hybridized carbons (Fsp3) is 0.462. The standard InChI is InChI=1S/C13H16BrFN2O3S/c1-21(19,20)16-9-5-7-17(8-6-9)13(18)10-3-2-4-11(15)12(10)14/h2-4,9,16H,5-8H2,1H3. The number of nitrogens with one attached hydrogen (secondary N) is 1. The maximum Gasteiger partial charge on any atom is 0.255 e. The van der Waals surface area contributed by atoms with Gasteiger partial charge in [0, 0.05) is 19.1 Å². The molecule has 0 aromatic heterocycles. The first-order chi connectivity index (χ1) is 9.78. The first kappa shape index (κ1) is 16.4. The molecule has 0 bridgehead atoms. The van der Waals surface area contributed by atoms with E-state index in [2.05, 4.69) is 20.7 Å². The van der Waals surface area contributed by atoms with Crippen molar-refractivity contribution >= 4 is 31.9 Å². The highest BCUT2D eigenvalue weighted by atomic mass is 79.9. The van der Waals surface area contributed by atoms with Gasteiger partial charge in [-0.15, -0.1) is 0 Å². The van der Waals surface area contributed by atoms with Crippen LogP contribution in [0.1, 0.15) is 23.2 Å². The van der Waals surface area contributed by atoms with Crippen LogP contribution in [0.3, 0.4) is 0 Å². The number of halogens is 2. The van der Waals surface area contributed by atoms with Crippen LogP contribution in [-0.2, 0) is 10.0 Å². The summed E-state index contributed by atoms with van der Waals surface area (Å²) in [6.45, 7) is 0.879. The van der Waals surface area contributed by atoms with Crippen LogP contribution in [-0.4, -0.2) is 44.6 Å². The molecule has 1 amide bonds. The number of amides is 1. The summed E-state index contributed by atoms with van der Waals surface area (Å²) in [6.07, 6.45) is 2.21. The van der Waals surface area contributed by atoms with Gasteiger partial charge >= 0.3 is 0 Å². The van der Waals surface area contributed by atoms with Crippen LogP contribution in [0.2, 0.25) is 0 Å². The summed E-state index contributed by atoms with van der Waals surface area (Å²) in [6, 6.07) is 4.19. The largest absolute Gasteiger partial charge is 0.338 e. The van der Waals surface area contributed by atoms with Crippen molar-refractivity contribution in [2.45, 2.75) is 18.9 Å². The number of rotatable bonds is 3. The minimum Gasteiger partial charge on any atom is -0.338 e. The van der Waals surface area contributed by atoms with Gasteiger partial charge < -0.3 is 4.90 Å². The lowest BCUT2D eigenvalue weighted by Gasteiger charge is -2.32. The first-order valence-electron chi connectivity index (χ1n) is 6.48. The third kappa shape index (κ3) is 4.24. The molecule has 0 saturated carbocycles. The molecule has 0 atom stereocenters. The van der Waals surface area contributed by atoms with Gasteiger partial charge in [0.1, 0.15) is 5.82 Å². The summed E-state index contributed by atoms with van der Waals surface area (Å²) in [4.78, 5) is 14.0. The fourth-order valence-electron chi connectivity index (χ4n) is 2.34. The Bertz CT molecular complexity index is 643. The third-order valence-electron chi connectivity index (χ3n) is 3.34. The molecule has 0 spiro atoms. The van der Waals surface area contributed by atoms with Crippen LogP contribution in [0, 0.1) is 5.82 Å². The van der Waals surface area contributed by atoms with E-state index < -0.39 is 15.8 Å². The monoisotopic (exact) mass is 378 g/mol. The Labute approximate surface area is 131 Å². The van der Waals surface area contributed by atoms with Gasteiger partial charge in [0.25, 0.3) is 5.91 Å². The Kier molecular flexibility index (Phi) is 5.00. The zero-order chi connectivity index (χ0) is 15.6. The Morgan fingerprint density at radius 3 is 2.57 bits per heavy atom. The Morgan fingerprint density at radius 1 is 1.38 bits per heavy atom. The summed E-state index contributed by atoms with van der Waals surface area (Å²) < 4.78 is 38.5. The van der Waals surface area contributed by atoms with Crippen molar-refractivity contribution in [3.63, 3.8) is 0 Å². The second kappa shape index (κ2) is 6.41. The molecule has 2 rings (SSSR count). The van der Waals surface area contributed by atoms with E-state index in [1.807, 2.05) is 0 Å². The van der Waals surface area contributed by atoms with Crippen molar-refractivity contribution in [2.75, 3.05) is 19.3 Å². The Hall–Kier alpha value is -0.990. The molecule has 5 nitrogen and oxygen atoms in total. The number of sulfonamides is 1. The predicted molar refractivity (Wildman–Crippen MR) is 81.0 cm³/mol. The van der Waals surface area contributed by atoms with Gasteiger partial charge in [-0.2, -0.15) is 0 Å². The second-order valence-corrected chi connectivity index (χ2v) is 7.63. The summed E-state index contributed by atoms with van der Waals surface area (Å²) in [7, 11) is -3.24. The lowest BCUT2D eigenvalue weighted by Crippen LogP contribution is -2.46. The molecule has 8 heteroatoms. The number of nitrogens with zero attached hydrogens (tertiary/aromatic N) is 1. The molecule has 1 aromatic carbocycles. The third-order valence-corrected chi connectivity index (χ3v) is 4.91. The smallest absolute Gasteiger partial charge is 0.255 e. The number of hydrogen-bond acceptors (Lipinski definition) is 3.